The fourth-order valence-corrected chi connectivity index (χ4v) is 9.61. The van der Waals surface area contributed by atoms with E-state index >= 15 is 0 Å². The number of benzene rings is 4. The topological polar surface area (TPSA) is 138 Å². The van der Waals surface area contributed by atoms with Gasteiger partial charge >= 0.3 is 0 Å². The second kappa shape index (κ2) is 17.8. The first kappa shape index (κ1) is 40.7. The molecule has 5 aliphatic heterocycles. The number of piperidine rings is 1. The number of rotatable bonds is 6. The van der Waals surface area contributed by atoms with Crippen LogP contribution in [0.5, 0.6) is 23.0 Å². The van der Waals surface area contributed by atoms with Crippen molar-refractivity contribution in [2.24, 2.45) is 5.92 Å². The summed E-state index contributed by atoms with van der Waals surface area (Å²) < 4.78 is 23.7. The number of nitrogens with two attached hydrogens (primary N) is 1. The zero-order valence-electron chi connectivity index (χ0n) is 35.8. The Morgan fingerprint density at radius 3 is 1.65 bits per heavy atom. The summed E-state index contributed by atoms with van der Waals surface area (Å²) in [4.78, 5) is 37.8. The summed E-state index contributed by atoms with van der Waals surface area (Å²) in [5, 5.41) is 0. The van der Waals surface area contributed by atoms with Crippen molar-refractivity contribution in [3.63, 3.8) is 0 Å². The number of aromatic nitrogens is 2. The van der Waals surface area contributed by atoms with E-state index < -0.39 is 0 Å². The zero-order chi connectivity index (χ0) is 42.9. The third-order valence-corrected chi connectivity index (χ3v) is 13.1. The highest BCUT2D eigenvalue weighted by Gasteiger charge is 2.27. The Hall–Kier alpha value is -6.34. The molecule has 5 aliphatic rings. The van der Waals surface area contributed by atoms with Crippen LogP contribution in [-0.2, 0) is 28.7 Å². The standard InChI is InChI=1S/C29H33N3O3.C22H21N3O3/c1-31-10-8-20(9-11-31)16-21-4-3-7-27-25(21)17-22-5-2-6-24(29(22)35-27)26-18-23(19-28(33)30-26)32-12-14-34-15-13-32;23-18-5-2-6-20-17(18)11-14-3-1-4-16(22(14)28-20)19-12-15(13-21(26)24-19)25-7-9-27-10-8-25/h2-7,18-20H,8-17H2,1H3,(H,30,33);1-6,12-13H,7-11,23H2,(H,24,26). The van der Waals surface area contributed by atoms with Gasteiger partial charge < -0.3 is 49.3 Å². The number of hydrogen-bond acceptors (Lipinski definition) is 10. The lowest BCUT2D eigenvalue weighted by atomic mass is 9.86. The van der Waals surface area contributed by atoms with E-state index in [9.17, 15) is 9.59 Å². The molecule has 0 amide bonds. The van der Waals surface area contributed by atoms with Crippen LogP contribution in [0.4, 0.5) is 17.1 Å². The summed E-state index contributed by atoms with van der Waals surface area (Å²) in [6.07, 6.45) is 5.20. The molecule has 0 saturated carbocycles. The van der Waals surface area contributed by atoms with Gasteiger partial charge in [-0.2, -0.15) is 0 Å². The summed E-state index contributed by atoms with van der Waals surface area (Å²) >= 11 is 0. The lowest BCUT2D eigenvalue weighted by Crippen LogP contribution is -2.36. The Balaban J connectivity index is 0.000000153. The van der Waals surface area contributed by atoms with Crippen molar-refractivity contribution in [1.29, 1.82) is 0 Å². The molecule has 0 bridgehead atoms. The minimum absolute atomic E-state index is 0.0989. The Kier molecular flexibility index (Phi) is 11.5. The van der Waals surface area contributed by atoms with Crippen LogP contribution < -0.4 is 36.1 Å². The van der Waals surface area contributed by atoms with Gasteiger partial charge in [-0.1, -0.05) is 42.5 Å². The van der Waals surface area contributed by atoms with Gasteiger partial charge in [0.25, 0.3) is 0 Å². The zero-order valence-corrected chi connectivity index (χ0v) is 35.8. The van der Waals surface area contributed by atoms with Crippen LogP contribution in [0.3, 0.4) is 0 Å². The van der Waals surface area contributed by atoms with Crippen LogP contribution in [-0.4, -0.2) is 87.6 Å². The van der Waals surface area contributed by atoms with Gasteiger partial charge in [0.05, 0.1) is 37.8 Å². The number of likely N-dealkylation sites (tertiary alicyclic amines) is 1. The number of nitrogens with one attached hydrogen (secondary N) is 2. The second-order valence-electron chi connectivity index (χ2n) is 17.2. The molecule has 63 heavy (non-hydrogen) atoms. The van der Waals surface area contributed by atoms with Gasteiger partial charge in [0.1, 0.15) is 23.0 Å². The number of aromatic amines is 2. The van der Waals surface area contributed by atoms with Crippen LogP contribution in [0.2, 0.25) is 0 Å². The molecule has 6 aromatic rings. The van der Waals surface area contributed by atoms with Crippen LogP contribution in [0.1, 0.15) is 40.7 Å². The predicted octanol–water partition coefficient (Wildman–Crippen LogP) is 7.62. The summed E-state index contributed by atoms with van der Waals surface area (Å²) in [5.74, 6) is 4.08. The Bertz CT molecular complexity index is 2750. The summed E-state index contributed by atoms with van der Waals surface area (Å²) in [7, 11) is 2.22. The first-order valence-electron chi connectivity index (χ1n) is 22.2. The number of anilines is 3. The molecular weight excluding hydrogens is 793 g/mol. The monoisotopic (exact) mass is 846 g/mol. The highest BCUT2D eigenvalue weighted by atomic mass is 16.5. The normalized spacial score (nSPS) is 17.2. The maximum atomic E-state index is 12.6. The van der Waals surface area contributed by atoms with E-state index in [0.29, 0.717) is 32.8 Å². The smallest absolute Gasteiger partial charge is 0.250 e. The quantitative estimate of drug-likeness (QED) is 0.143. The van der Waals surface area contributed by atoms with Gasteiger partial charge in [-0.05, 0) is 93.3 Å². The molecule has 3 fully saturated rings. The third-order valence-electron chi connectivity index (χ3n) is 13.1. The summed E-state index contributed by atoms with van der Waals surface area (Å²) in [5.41, 5.74) is 17.8. The van der Waals surface area contributed by atoms with E-state index in [1.54, 1.807) is 12.1 Å². The minimum atomic E-state index is -0.128. The van der Waals surface area contributed by atoms with E-state index in [1.807, 2.05) is 48.5 Å². The third kappa shape index (κ3) is 8.71. The van der Waals surface area contributed by atoms with Crippen molar-refractivity contribution in [1.82, 2.24) is 14.9 Å². The maximum Gasteiger partial charge on any atom is 0.250 e. The van der Waals surface area contributed by atoms with Crippen LogP contribution >= 0.6 is 0 Å². The molecule has 0 aliphatic carbocycles. The number of hydrogen-bond donors (Lipinski definition) is 3. The van der Waals surface area contributed by atoms with Crippen molar-refractivity contribution >= 4 is 17.1 Å². The molecule has 12 nitrogen and oxygen atoms in total. The Morgan fingerprint density at radius 1 is 0.603 bits per heavy atom. The van der Waals surface area contributed by atoms with E-state index in [0.717, 1.165) is 119 Å². The van der Waals surface area contributed by atoms with Crippen molar-refractivity contribution in [3.05, 3.63) is 146 Å². The van der Waals surface area contributed by atoms with Gasteiger partial charge in [0, 0.05) is 102 Å². The molecule has 324 valence electrons. The van der Waals surface area contributed by atoms with E-state index in [-0.39, 0.29) is 11.1 Å². The van der Waals surface area contributed by atoms with Crippen molar-refractivity contribution in [2.75, 3.05) is 88.3 Å². The fraction of sp³-hybridized carbons (Fsp3) is 0.333. The number of para-hydroxylation sites is 2. The summed E-state index contributed by atoms with van der Waals surface area (Å²) in [6.45, 7) is 8.21. The number of ether oxygens (including phenoxy) is 4. The lowest BCUT2D eigenvalue weighted by Gasteiger charge is -2.30. The highest BCUT2D eigenvalue weighted by molar-refractivity contribution is 5.76. The number of morpholine rings is 2. The highest BCUT2D eigenvalue weighted by Crippen LogP contribution is 2.46. The number of H-pyrrole nitrogens is 2. The molecule has 0 radical (unpaired) electrons. The van der Waals surface area contributed by atoms with Crippen LogP contribution in [0.25, 0.3) is 22.5 Å². The predicted molar refractivity (Wildman–Crippen MR) is 248 cm³/mol. The van der Waals surface area contributed by atoms with Gasteiger partial charge in [-0.3, -0.25) is 9.59 Å². The van der Waals surface area contributed by atoms with E-state index in [2.05, 4.69) is 68.1 Å². The first-order chi connectivity index (χ1) is 30.8. The molecule has 0 spiro atoms. The summed E-state index contributed by atoms with van der Waals surface area (Å²) in [6, 6.07) is 31.9. The van der Waals surface area contributed by atoms with Crippen LogP contribution in [0.15, 0.2) is 107 Å². The average molecular weight is 847 g/mol. The number of fused-ring (bicyclic) bond motifs is 4. The van der Waals surface area contributed by atoms with Gasteiger partial charge in [0.15, 0.2) is 0 Å². The Morgan fingerprint density at radius 2 is 1.10 bits per heavy atom. The molecule has 0 atom stereocenters. The van der Waals surface area contributed by atoms with Gasteiger partial charge in [-0.15, -0.1) is 0 Å². The molecular formula is C51H54N6O6. The average Bonchev–Trinajstić information content (AvgIpc) is 3.31. The Labute approximate surface area is 367 Å². The molecule has 7 heterocycles. The van der Waals surface area contributed by atoms with Crippen LogP contribution in [0, 0.1) is 5.92 Å². The molecule has 3 saturated heterocycles. The molecule has 4 N–H and O–H groups in total. The number of nitrogens with zero attached hydrogens (tertiary/aromatic N) is 3. The van der Waals surface area contributed by atoms with E-state index in [1.165, 1.54) is 42.6 Å². The molecule has 0 unspecified atom stereocenters. The molecule has 11 rings (SSSR count). The van der Waals surface area contributed by atoms with Crippen molar-refractivity contribution in [3.8, 4) is 45.5 Å². The molecule has 12 heteroatoms. The van der Waals surface area contributed by atoms with Gasteiger partial charge in [0.2, 0.25) is 11.1 Å². The first-order valence-corrected chi connectivity index (χ1v) is 22.2. The SMILES string of the molecule is CN1CCC(Cc2cccc3c2Cc2cccc(-c4cc(N5CCOCC5)cc(=O)[nH]4)c2O3)CC1.Nc1cccc2c1Cc1cccc(-c3cc(N4CCOCC4)cc(=O)[nH]3)c1O2. The van der Waals surface area contributed by atoms with Gasteiger partial charge in [-0.25, -0.2) is 0 Å². The number of pyridine rings is 2. The lowest BCUT2D eigenvalue weighted by molar-refractivity contribution is 0.122. The fourth-order valence-electron chi connectivity index (χ4n) is 9.61. The van der Waals surface area contributed by atoms with Crippen molar-refractivity contribution < 1.29 is 18.9 Å². The largest absolute Gasteiger partial charge is 0.456 e. The second-order valence-corrected chi connectivity index (χ2v) is 17.2. The van der Waals surface area contributed by atoms with Crippen molar-refractivity contribution in [2.45, 2.75) is 32.1 Å². The maximum absolute atomic E-state index is 12.6. The van der Waals surface area contributed by atoms with E-state index in [4.69, 9.17) is 24.7 Å². The minimum Gasteiger partial charge on any atom is -0.456 e. The number of nitrogen functional groups attached to an aromatic ring is 1. The molecule has 4 aromatic carbocycles. The molecule has 2 aromatic heterocycles.